The summed E-state index contributed by atoms with van der Waals surface area (Å²) in [5.41, 5.74) is 2.14. The largest absolute Gasteiger partial charge is 0.490 e. The van der Waals surface area contributed by atoms with E-state index in [1.165, 1.54) is 0 Å². The van der Waals surface area contributed by atoms with E-state index in [0.29, 0.717) is 35.2 Å². The summed E-state index contributed by atoms with van der Waals surface area (Å²) in [6, 6.07) is 22.0. The molecule has 1 N–H and O–H groups in total. The number of para-hydroxylation sites is 1. The number of aryl methyl sites for hydroxylation is 1. The van der Waals surface area contributed by atoms with E-state index in [2.05, 4.69) is 5.32 Å². The summed E-state index contributed by atoms with van der Waals surface area (Å²) in [5, 5.41) is 3.46. The van der Waals surface area contributed by atoms with Crippen molar-refractivity contribution < 1.29 is 14.3 Å². The maximum Gasteiger partial charge on any atom is 0.255 e. The highest BCUT2D eigenvalue weighted by Gasteiger charge is 2.09. The molecule has 0 aliphatic carbocycles. The van der Waals surface area contributed by atoms with Crippen LogP contribution in [-0.2, 0) is 0 Å². The predicted molar refractivity (Wildman–Crippen MR) is 108 cm³/mol. The Hall–Kier alpha value is -2.98. The molecule has 0 saturated heterocycles. The number of nitrogens with one attached hydrogen (secondary N) is 1. The zero-order chi connectivity index (χ0) is 19.1. The van der Waals surface area contributed by atoms with Gasteiger partial charge in [-0.15, -0.1) is 0 Å². The molecule has 0 unspecified atom stereocenters. The average Bonchev–Trinajstić information content (AvgIpc) is 2.69. The summed E-state index contributed by atoms with van der Waals surface area (Å²) >= 11 is 6.00. The molecule has 0 bridgehead atoms. The quantitative estimate of drug-likeness (QED) is 0.560. The smallest absolute Gasteiger partial charge is 0.255 e. The van der Waals surface area contributed by atoms with Gasteiger partial charge in [0.05, 0.1) is 0 Å². The molecule has 0 saturated carbocycles. The summed E-state index contributed by atoms with van der Waals surface area (Å²) in [7, 11) is 0. The van der Waals surface area contributed by atoms with E-state index in [-0.39, 0.29) is 5.91 Å². The molecular weight excluding hydrogens is 362 g/mol. The topological polar surface area (TPSA) is 47.6 Å². The van der Waals surface area contributed by atoms with Crippen LogP contribution in [0.25, 0.3) is 0 Å². The van der Waals surface area contributed by atoms with Crippen molar-refractivity contribution in [3.63, 3.8) is 0 Å². The molecule has 0 spiro atoms. The highest BCUT2D eigenvalue weighted by atomic mass is 35.5. The molecule has 0 aliphatic heterocycles. The molecular formula is C22H20ClNO3. The van der Waals surface area contributed by atoms with Crippen LogP contribution in [0, 0.1) is 6.92 Å². The van der Waals surface area contributed by atoms with Crippen LogP contribution in [0.3, 0.4) is 0 Å². The van der Waals surface area contributed by atoms with Gasteiger partial charge >= 0.3 is 0 Å². The minimum Gasteiger partial charge on any atom is -0.490 e. The maximum atomic E-state index is 12.5. The second-order valence-corrected chi connectivity index (χ2v) is 6.39. The first kappa shape index (κ1) is 18.8. The normalized spacial score (nSPS) is 10.3. The van der Waals surface area contributed by atoms with Crippen LogP contribution in [0.5, 0.6) is 11.5 Å². The summed E-state index contributed by atoms with van der Waals surface area (Å²) in [6.07, 6.45) is 0. The average molecular weight is 382 g/mol. The van der Waals surface area contributed by atoms with Crippen LogP contribution in [0.2, 0.25) is 5.02 Å². The Morgan fingerprint density at radius 1 is 0.889 bits per heavy atom. The summed E-state index contributed by atoms with van der Waals surface area (Å²) in [6.45, 7) is 2.72. The fraction of sp³-hybridized carbons (Fsp3) is 0.136. The SMILES string of the molecule is Cc1ccc(Cl)cc1NC(=O)c1cccc(OCCOc2ccccc2)c1. The molecule has 0 atom stereocenters. The Balaban J connectivity index is 1.56. The van der Waals surface area contributed by atoms with Crippen molar-refractivity contribution in [3.8, 4) is 11.5 Å². The van der Waals surface area contributed by atoms with E-state index in [4.69, 9.17) is 21.1 Å². The van der Waals surface area contributed by atoms with Gasteiger partial charge in [0.15, 0.2) is 0 Å². The lowest BCUT2D eigenvalue weighted by Gasteiger charge is -2.11. The fourth-order valence-corrected chi connectivity index (χ4v) is 2.66. The number of rotatable bonds is 7. The molecule has 0 heterocycles. The van der Waals surface area contributed by atoms with E-state index in [0.717, 1.165) is 11.3 Å². The number of carbonyl (C=O) groups is 1. The number of benzene rings is 3. The molecule has 3 aromatic carbocycles. The summed E-state index contributed by atoms with van der Waals surface area (Å²) in [4.78, 5) is 12.5. The number of ether oxygens (including phenoxy) is 2. The lowest BCUT2D eigenvalue weighted by atomic mass is 10.1. The first-order chi connectivity index (χ1) is 13.1. The summed E-state index contributed by atoms with van der Waals surface area (Å²) in [5.74, 6) is 1.19. The van der Waals surface area contributed by atoms with Crippen molar-refractivity contribution in [2.24, 2.45) is 0 Å². The van der Waals surface area contributed by atoms with E-state index >= 15 is 0 Å². The second kappa shape index (κ2) is 9.10. The molecule has 5 heteroatoms. The van der Waals surface area contributed by atoms with Gasteiger partial charge in [0.1, 0.15) is 24.7 Å². The predicted octanol–water partition coefficient (Wildman–Crippen LogP) is 5.36. The van der Waals surface area contributed by atoms with E-state index in [1.807, 2.05) is 49.4 Å². The Morgan fingerprint density at radius 2 is 1.59 bits per heavy atom. The van der Waals surface area contributed by atoms with Gasteiger partial charge in [0.25, 0.3) is 5.91 Å². The number of hydrogen-bond donors (Lipinski definition) is 1. The zero-order valence-corrected chi connectivity index (χ0v) is 15.7. The third-order valence-corrected chi connectivity index (χ3v) is 4.14. The van der Waals surface area contributed by atoms with Crippen LogP contribution in [0.1, 0.15) is 15.9 Å². The number of halogens is 1. The summed E-state index contributed by atoms with van der Waals surface area (Å²) < 4.78 is 11.3. The van der Waals surface area contributed by atoms with Gasteiger partial charge in [-0.1, -0.05) is 41.9 Å². The Bertz CT molecular complexity index is 912. The first-order valence-corrected chi connectivity index (χ1v) is 8.98. The fourth-order valence-electron chi connectivity index (χ4n) is 2.49. The van der Waals surface area contributed by atoms with Crippen molar-refractivity contribution >= 4 is 23.2 Å². The molecule has 1 amide bonds. The van der Waals surface area contributed by atoms with Crippen molar-refractivity contribution in [2.45, 2.75) is 6.92 Å². The van der Waals surface area contributed by atoms with Crippen molar-refractivity contribution in [1.82, 2.24) is 0 Å². The Labute approximate surface area is 163 Å². The first-order valence-electron chi connectivity index (χ1n) is 8.60. The molecule has 27 heavy (non-hydrogen) atoms. The van der Waals surface area contributed by atoms with Crippen LogP contribution in [0.4, 0.5) is 5.69 Å². The monoisotopic (exact) mass is 381 g/mol. The Morgan fingerprint density at radius 3 is 2.37 bits per heavy atom. The zero-order valence-electron chi connectivity index (χ0n) is 14.9. The van der Waals surface area contributed by atoms with Crippen LogP contribution in [-0.4, -0.2) is 19.1 Å². The van der Waals surface area contributed by atoms with Gasteiger partial charge in [-0.2, -0.15) is 0 Å². The molecule has 138 valence electrons. The third kappa shape index (κ3) is 5.50. The molecule has 4 nitrogen and oxygen atoms in total. The minimum atomic E-state index is -0.216. The van der Waals surface area contributed by atoms with Gasteiger partial charge in [-0.25, -0.2) is 0 Å². The number of amides is 1. The Kier molecular flexibility index (Phi) is 6.34. The van der Waals surface area contributed by atoms with E-state index in [9.17, 15) is 4.79 Å². The second-order valence-electron chi connectivity index (χ2n) is 5.95. The lowest BCUT2D eigenvalue weighted by molar-refractivity contribution is 0.102. The van der Waals surface area contributed by atoms with Crippen LogP contribution in [0.15, 0.2) is 72.8 Å². The molecule has 0 fully saturated rings. The van der Waals surface area contributed by atoms with E-state index in [1.54, 1.807) is 30.3 Å². The molecule has 3 aromatic rings. The number of anilines is 1. The molecule has 0 aromatic heterocycles. The standard InChI is InChI=1S/C22H20ClNO3/c1-16-10-11-18(23)15-21(16)24-22(25)17-6-5-9-20(14-17)27-13-12-26-19-7-3-2-4-8-19/h2-11,14-15H,12-13H2,1H3,(H,24,25). The van der Waals surface area contributed by atoms with Crippen molar-refractivity contribution in [2.75, 3.05) is 18.5 Å². The van der Waals surface area contributed by atoms with Crippen LogP contribution >= 0.6 is 11.6 Å². The van der Waals surface area contributed by atoms with Crippen molar-refractivity contribution in [1.29, 1.82) is 0 Å². The minimum absolute atomic E-state index is 0.216. The molecule has 3 rings (SSSR count). The molecule has 0 aliphatic rings. The molecule has 0 radical (unpaired) electrons. The third-order valence-electron chi connectivity index (χ3n) is 3.91. The van der Waals surface area contributed by atoms with Gasteiger partial charge in [-0.3, -0.25) is 4.79 Å². The highest BCUT2D eigenvalue weighted by molar-refractivity contribution is 6.31. The lowest BCUT2D eigenvalue weighted by Crippen LogP contribution is -2.13. The number of carbonyl (C=O) groups excluding carboxylic acids is 1. The number of hydrogen-bond acceptors (Lipinski definition) is 3. The van der Waals surface area contributed by atoms with E-state index < -0.39 is 0 Å². The van der Waals surface area contributed by atoms with Gasteiger partial charge in [0, 0.05) is 16.3 Å². The van der Waals surface area contributed by atoms with Crippen LogP contribution < -0.4 is 14.8 Å². The van der Waals surface area contributed by atoms with Gasteiger partial charge in [-0.05, 0) is 55.0 Å². The highest BCUT2D eigenvalue weighted by Crippen LogP contribution is 2.22. The van der Waals surface area contributed by atoms with Gasteiger partial charge < -0.3 is 14.8 Å². The van der Waals surface area contributed by atoms with Gasteiger partial charge in [0.2, 0.25) is 0 Å². The maximum absolute atomic E-state index is 12.5. The van der Waals surface area contributed by atoms with Crippen molar-refractivity contribution in [3.05, 3.63) is 88.9 Å².